The zero-order valence-electron chi connectivity index (χ0n) is 12.2. The Bertz CT molecular complexity index is 575. The van der Waals surface area contributed by atoms with Gasteiger partial charge in [-0.15, -0.1) is 0 Å². The lowest BCUT2D eigenvalue weighted by atomic mass is 10.1. The normalized spacial score (nSPS) is 11.8. The SMILES string of the molecule is NCCCCCc1n[nH]c(Cc2ccc(C(F)(F)F)cc2)n1. The number of aromatic amines is 1. The number of hydrogen-bond acceptors (Lipinski definition) is 3. The summed E-state index contributed by atoms with van der Waals surface area (Å²) < 4.78 is 37.5. The van der Waals surface area contributed by atoms with Crippen molar-refractivity contribution < 1.29 is 13.2 Å². The molecule has 2 aromatic rings. The van der Waals surface area contributed by atoms with Gasteiger partial charge in [0.1, 0.15) is 5.82 Å². The fraction of sp³-hybridized carbons (Fsp3) is 0.467. The minimum absolute atomic E-state index is 0.438. The van der Waals surface area contributed by atoms with Gasteiger partial charge in [-0.3, -0.25) is 5.10 Å². The molecular formula is C15H19F3N4. The lowest BCUT2D eigenvalue weighted by Crippen LogP contribution is -2.04. The summed E-state index contributed by atoms with van der Waals surface area (Å²) in [6, 6.07) is 5.09. The zero-order valence-corrected chi connectivity index (χ0v) is 12.2. The van der Waals surface area contributed by atoms with Crippen LogP contribution < -0.4 is 5.73 Å². The highest BCUT2D eigenvalue weighted by Gasteiger charge is 2.29. The molecule has 7 heteroatoms. The molecule has 0 unspecified atom stereocenters. The van der Waals surface area contributed by atoms with Gasteiger partial charge in [-0.2, -0.15) is 18.3 Å². The van der Waals surface area contributed by atoms with E-state index in [-0.39, 0.29) is 0 Å². The minimum atomic E-state index is -4.30. The molecule has 4 nitrogen and oxygen atoms in total. The Morgan fingerprint density at radius 3 is 2.41 bits per heavy atom. The van der Waals surface area contributed by atoms with Crippen LogP contribution in [0.25, 0.3) is 0 Å². The van der Waals surface area contributed by atoms with Crippen molar-refractivity contribution in [2.24, 2.45) is 5.73 Å². The van der Waals surface area contributed by atoms with E-state index in [2.05, 4.69) is 15.2 Å². The number of nitrogens with zero attached hydrogens (tertiary/aromatic N) is 2. The number of H-pyrrole nitrogens is 1. The van der Waals surface area contributed by atoms with Gasteiger partial charge in [-0.1, -0.05) is 18.6 Å². The highest BCUT2D eigenvalue weighted by molar-refractivity contribution is 5.26. The maximum Gasteiger partial charge on any atom is 0.416 e. The standard InChI is InChI=1S/C15H19F3N4/c16-15(17,18)12-7-5-11(6-8-12)10-14-20-13(21-22-14)4-2-1-3-9-19/h5-8H,1-4,9-10,19H2,(H,20,21,22). The Hall–Kier alpha value is -1.89. The van der Waals surface area contributed by atoms with Crippen molar-refractivity contribution in [3.8, 4) is 0 Å². The Kier molecular flexibility index (Phi) is 5.54. The minimum Gasteiger partial charge on any atom is -0.330 e. The van der Waals surface area contributed by atoms with Gasteiger partial charge in [0.2, 0.25) is 0 Å². The predicted molar refractivity (Wildman–Crippen MR) is 77.2 cm³/mol. The van der Waals surface area contributed by atoms with Crippen LogP contribution in [-0.4, -0.2) is 21.7 Å². The van der Waals surface area contributed by atoms with Crippen molar-refractivity contribution in [3.63, 3.8) is 0 Å². The third-order valence-corrected chi connectivity index (χ3v) is 3.34. The van der Waals surface area contributed by atoms with Gasteiger partial charge in [-0.05, 0) is 37.1 Å². The molecule has 1 aromatic carbocycles. The van der Waals surface area contributed by atoms with Crippen molar-refractivity contribution in [1.82, 2.24) is 15.2 Å². The molecule has 0 bridgehead atoms. The molecule has 22 heavy (non-hydrogen) atoms. The van der Waals surface area contributed by atoms with E-state index in [0.717, 1.165) is 49.2 Å². The molecule has 0 fully saturated rings. The summed E-state index contributed by atoms with van der Waals surface area (Å²) in [5.74, 6) is 1.40. The average Bonchev–Trinajstić information content (AvgIpc) is 2.91. The highest BCUT2D eigenvalue weighted by atomic mass is 19.4. The molecule has 0 aliphatic rings. The lowest BCUT2D eigenvalue weighted by Gasteiger charge is -2.06. The molecular weight excluding hydrogens is 293 g/mol. The van der Waals surface area contributed by atoms with Gasteiger partial charge >= 0.3 is 6.18 Å². The number of aromatic nitrogens is 3. The molecule has 120 valence electrons. The molecule has 0 saturated heterocycles. The molecule has 0 radical (unpaired) electrons. The summed E-state index contributed by atoms with van der Waals surface area (Å²) in [5, 5.41) is 6.95. The molecule has 0 aliphatic heterocycles. The fourth-order valence-corrected chi connectivity index (χ4v) is 2.13. The van der Waals surface area contributed by atoms with Crippen LogP contribution in [0.4, 0.5) is 13.2 Å². The zero-order chi connectivity index (χ0) is 16.0. The summed E-state index contributed by atoms with van der Waals surface area (Å²) in [5.41, 5.74) is 5.55. The number of benzene rings is 1. The largest absolute Gasteiger partial charge is 0.416 e. The topological polar surface area (TPSA) is 67.6 Å². The van der Waals surface area contributed by atoms with Crippen molar-refractivity contribution in [2.45, 2.75) is 38.3 Å². The maximum absolute atomic E-state index is 12.5. The second-order valence-electron chi connectivity index (χ2n) is 5.17. The first kappa shape index (κ1) is 16.5. The molecule has 0 aliphatic carbocycles. The first-order valence-electron chi connectivity index (χ1n) is 7.25. The summed E-state index contributed by atoms with van der Waals surface area (Å²) in [7, 11) is 0. The number of nitrogens with two attached hydrogens (primary N) is 1. The molecule has 2 rings (SSSR count). The van der Waals surface area contributed by atoms with Crippen LogP contribution in [0.5, 0.6) is 0 Å². The number of unbranched alkanes of at least 4 members (excludes halogenated alkanes) is 2. The lowest BCUT2D eigenvalue weighted by molar-refractivity contribution is -0.137. The van der Waals surface area contributed by atoms with E-state index in [1.165, 1.54) is 12.1 Å². The molecule has 1 heterocycles. The molecule has 0 atom stereocenters. The second kappa shape index (κ2) is 7.40. The van der Waals surface area contributed by atoms with E-state index in [1.807, 2.05) is 0 Å². The van der Waals surface area contributed by atoms with Crippen LogP contribution in [0.15, 0.2) is 24.3 Å². The first-order chi connectivity index (χ1) is 10.5. The third kappa shape index (κ3) is 4.84. The molecule has 1 aromatic heterocycles. The van der Waals surface area contributed by atoms with Gasteiger partial charge in [0.25, 0.3) is 0 Å². The monoisotopic (exact) mass is 312 g/mol. The Labute approximate surface area is 126 Å². The number of hydrogen-bond donors (Lipinski definition) is 2. The number of aryl methyl sites for hydroxylation is 1. The van der Waals surface area contributed by atoms with Crippen LogP contribution in [0.1, 0.15) is 42.0 Å². The maximum atomic E-state index is 12.5. The van der Waals surface area contributed by atoms with Gasteiger partial charge in [0.05, 0.1) is 5.56 Å². The number of nitrogens with one attached hydrogen (secondary N) is 1. The third-order valence-electron chi connectivity index (χ3n) is 3.34. The highest BCUT2D eigenvalue weighted by Crippen LogP contribution is 2.29. The van der Waals surface area contributed by atoms with Crippen molar-refractivity contribution in [3.05, 3.63) is 47.0 Å². The van der Waals surface area contributed by atoms with Crippen LogP contribution in [0.2, 0.25) is 0 Å². The van der Waals surface area contributed by atoms with Gasteiger partial charge < -0.3 is 5.73 Å². The Balaban J connectivity index is 1.90. The summed E-state index contributed by atoms with van der Waals surface area (Å²) in [6.45, 7) is 0.688. The summed E-state index contributed by atoms with van der Waals surface area (Å²) in [4.78, 5) is 4.35. The van der Waals surface area contributed by atoms with Gasteiger partial charge in [0.15, 0.2) is 5.82 Å². The summed E-state index contributed by atoms with van der Waals surface area (Å²) in [6.07, 6.45) is -0.0736. The van der Waals surface area contributed by atoms with E-state index >= 15 is 0 Å². The van der Waals surface area contributed by atoms with E-state index < -0.39 is 11.7 Å². The van der Waals surface area contributed by atoms with E-state index in [0.29, 0.717) is 18.8 Å². The van der Waals surface area contributed by atoms with E-state index in [1.54, 1.807) is 0 Å². The molecule has 3 N–H and O–H groups in total. The summed E-state index contributed by atoms with van der Waals surface area (Å²) >= 11 is 0. The van der Waals surface area contributed by atoms with Gasteiger partial charge in [-0.25, -0.2) is 4.98 Å². The number of halogens is 3. The average molecular weight is 312 g/mol. The quantitative estimate of drug-likeness (QED) is 0.772. The van der Waals surface area contributed by atoms with Crippen LogP contribution in [0, 0.1) is 0 Å². The number of alkyl halides is 3. The molecule has 0 amide bonds. The first-order valence-corrected chi connectivity index (χ1v) is 7.25. The van der Waals surface area contributed by atoms with Crippen molar-refractivity contribution >= 4 is 0 Å². The number of rotatable bonds is 7. The molecule has 0 saturated carbocycles. The van der Waals surface area contributed by atoms with Crippen LogP contribution in [0.3, 0.4) is 0 Å². The van der Waals surface area contributed by atoms with Gasteiger partial charge in [0, 0.05) is 12.8 Å². The van der Waals surface area contributed by atoms with E-state index in [9.17, 15) is 13.2 Å². The van der Waals surface area contributed by atoms with Crippen LogP contribution >= 0.6 is 0 Å². The van der Waals surface area contributed by atoms with Crippen molar-refractivity contribution in [1.29, 1.82) is 0 Å². The second-order valence-corrected chi connectivity index (χ2v) is 5.17. The predicted octanol–water partition coefficient (Wildman–Crippen LogP) is 3.09. The van der Waals surface area contributed by atoms with E-state index in [4.69, 9.17) is 5.73 Å². The Morgan fingerprint density at radius 1 is 1.05 bits per heavy atom. The van der Waals surface area contributed by atoms with Crippen molar-refractivity contribution in [2.75, 3.05) is 6.54 Å². The fourth-order valence-electron chi connectivity index (χ4n) is 2.13. The Morgan fingerprint density at radius 2 is 1.77 bits per heavy atom. The smallest absolute Gasteiger partial charge is 0.330 e. The van der Waals surface area contributed by atoms with Crippen LogP contribution in [-0.2, 0) is 19.0 Å². The molecule has 0 spiro atoms.